The summed E-state index contributed by atoms with van der Waals surface area (Å²) in [5, 5.41) is 9.48. The standard InChI is InChI=1S/C20H24O7/c1-5-10(2)18(23)26-14-9-20(4)15(27-20)7-6-12(17(21)22)8-13-16(14)11(3)19(24)25-13/h5,8,13-16H,3,6-7,9H2,1-2,4H3,(H,21,22). The highest BCUT2D eigenvalue weighted by Crippen LogP contribution is 2.47. The van der Waals surface area contributed by atoms with Gasteiger partial charge in [0.1, 0.15) is 12.2 Å². The quantitative estimate of drug-likeness (QED) is 0.458. The van der Waals surface area contributed by atoms with E-state index >= 15 is 0 Å². The second-order valence-electron chi connectivity index (χ2n) is 7.50. The number of ether oxygens (including phenoxy) is 3. The molecule has 5 atom stereocenters. The lowest BCUT2D eigenvalue weighted by Crippen LogP contribution is -2.37. The second kappa shape index (κ2) is 6.96. The minimum atomic E-state index is -1.07. The molecule has 0 spiro atoms. The van der Waals surface area contributed by atoms with Crippen LogP contribution >= 0.6 is 0 Å². The first-order chi connectivity index (χ1) is 12.7. The fourth-order valence-corrected chi connectivity index (χ4v) is 3.75. The summed E-state index contributed by atoms with van der Waals surface area (Å²) in [5.41, 5.74) is 0.242. The molecule has 3 aliphatic rings. The average Bonchev–Trinajstić information content (AvgIpc) is 3.16. The molecule has 7 heteroatoms. The molecular weight excluding hydrogens is 352 g/mol. The lowest BCUT2D eigenvalue weighted by molar-refractivity contribution is -0.148. The summed E-state index contributed by atoms with van der Waals surface area (Å²) < 4.78 is 16.8. The van der Waals surface area contributed by atoms with Crippen molar-refractivity contribution in [2.75, 3.05) is 0 Å². The van der Waals surface area contributed by atoms with Crippen LogP contribution in [0.5, 0.6) is 0 Å². The van der Waals surface area contributed by atoms with Gasteiger partial charge in [-0.3, -0.25) is 0 Å². The molecule has 0 aromatic heterocycles. The Kier molecular flexibility index (Phi) is 4.99. The van der Waals surface area contributed by atoms with Gasteiger partial charge >= 0.3 is 17.9 Å². The van der Waals surface area contributed by atoms with Crippen molar-refractivity contribution in [2.45, 2.75) is 63.9 Å². The van der Waals surface area contributed by atoms with Crippen molar-refractivity contribution in [1.29, 1.82) is 0 Å². The maximum atomic E-state index is 12.4. The van der Waals surface area contributed by atoms with Crippen molar-refractivity contribution in [1.82, 2.24) is 0 Å². The molecule has 2 saturated heterocycles. The highest BCUT2D eigenvalue weighted by atomic mass is 16.6. The summed E-state index contributed by atoms with van der Waals surface area (Å²) in [4.78, 5) is 36.1. The molecule has 0 bridgehead atoms. The zero-order chi connectivity index (χ0) is 19.9. The Bertz CT molecular complexity index is 762. The number of hydrogen-bond acceptors (Lipinski definition) is 6. The number of carbonyl (C=O) groups is 3. The number of aliphatic carboxylic acids is 1. The monoisotopic (exact) mass is 376 g/mol. The van der Waals surface area contributed by atoms with Crippen molar-refractivity contribution < 1.29 is 33.7 Å². The van der Waals surface area contributed by atoms with E-state index in [1.807, 2.05) is 6.92 Å². The van der Waals surface area contributed by atoms with Gasteiger partial charge in [0.2, 0.25) is 0 Å². The lowest BCUT2D eigenvalue weighted by Gasteiger charge is -2.28. The van der Waals surface area contributed by atoms with Gasteiger partial charge in [-0.2, -0.15) is 0 Å². The first kappa shape index (κ1) is 19.4. The molecule has 0 saturated carbocycles. The first-order valence-corrected chi connectivity index (χ1v) is 9.01. The highest BCUT2D eigenvalue weighted by molar-refractivity contribution is 5.92. The van der Waals surface area contributed by atoms with E-state index in [2.05, 4.69) is 6.58 Å². The number of carboxylic acid groups (broad SMARTS) is 1. The van der Waals surface area contributed by atoms with Gasteiger partial charge in [-0.05, 0) is 39.7 Å². The predicted molar refractivity (Wildman–Crippen MR) is 94.7 cm³/mol. The molecule has 27 heavy (non-hydrogen) atoms. The third-order valence-corrected chi connectivity index (χ3v) is 5.63. The van der Waals surface area contributed by atoms with Crippen LogP contribution in [0, 0.1) is 5.92 Å². The summed E-state index contributed by atoms with van der Waals surface area (Å²) in [7, 11) is 0. The molecule has 2 fully saturated rings. The molecule has 2 heterocycles. The van der Waals surface area contributed by atoms with Crippen LogP contribution in [-0.2, 0) is 28.6 Å². The molecule has 0 radical (unpaired) electrons. The number of carboxylic acids is 1. The van der Waals surface area contributed by atoms with Crippen LogP contribution in [0.3, 0.4) is 0 Å². The molecule has 1 N–H and O–H groups in total. The van der Waals surface area contributed by atoms with Crippen LogP contribution in [-0.4, -0.2) is 46.9 Å². The van der Waals surface area contributed by atoms with E-state index in [9.17, 15) is 19.5 Å². The number of allylic oxidation sites excluding steroid dienone is 1. The Labute approximate surface area is 157 Å². The number of fused-ring (bicyclic) bond motifs is 2. The van der Waals surface area contributed by atoms with E-state index in [4.69, 9.17) is 14.2 Å². The summed E-state index contributed by atoms with van der Waals surface area (Å²) in [6, 6.07) is 0. The zero-order valence-electron chi connectivity index (χ0n) is 15.7. The van der Waals surface area contributed by atoms with E-state index in [0.29, 0.717) is 24.8 Å². The molecular formula is C20H24O7. The van der Waals surface area contributed by atoms with Crippen LogP contribution in [0.25, 0.3) is 0 Å². The van der Waals surface area contributed by atoms with Gasteiger partial charge in [-0.25, -0.2) is 14.4 Å². The smallest absolute Gasteiger partial charge is 0.334 e. The molecule has 0 aromatic rings. The third-order valence-electron chi connectivity index (χ3n) is 5.63. The lowest BCUT2D eigenvalue weighted by atomic mass is 9.82. The van der Waals surface area contributed by atoms with Gasteiger partial charge in [-0.1, -0.05) is 12.7 Å². The van der Waals surface area contributed by atoms with Crippen molar-refractivity contribution >= 4 is 17.9 Å². The van der Waals surface area contributed by atoms with Gasteiger partial charge in [0.05, 0.1) is 17.6 Å². The Morgan fingerprint density at radius 3 is 2.78 bits per heavy atom. The van der Waals surface area contributed by atoms with E-state index in [0.717, 1.165) is 0 Å². The van der Waals surface area contributed by atoms with Crippen molar-refractivity contribution in [3.05, 3.63) is 35.5 Å². The molecule has 7 nitrogen and oxygen atoms in total. The fraction of sp³-hybridized carbons (Fsp3) is 0.550. The third kappa shape index (κ3) is 3.69. The van der Waals surface area contributed by atoms with Gasteiger partial charge in [0.25, 0.3) is 0 Å². The van der Waals surface area contributed by atoms with E-state index in [1.54, 1.807) is 19.9 Å². The molecule has 3 rings (SSSR count). The molecule has 0 amide bonds. The van der Waals surface area contributed by atoms with E-state index in [-0.39, 0.29) is 17.3 Å². The Hall–Kier alpha value is -2.41. The van der Waals surface area contributed by atoms with Crippen molar-refractivity contribution in [3.8, 4) is 0 Å². The van der Waals surface area contributed by atoms with Crippen molar-refractivity contribution in [3.63, 3.8) is 0 Å². The summed E-state index contributed by atoms with van der Waals surface area (Å²) in [6.07, 6.45) is 2.65. The summed E-state index contributed by atoms with van der Waals surface area (Å²) >= 11 is 0. The number of hydrogen-bond donors (Lipinski definition) is 1. The Balaban J connectivity index is 2.00. The highest BCUT2D eigenvalue weighted by Gasteiger charge is 2.57. The van der Waals surface area contributed by atoms with Crippen LogP contribution in [0.4, 0.5) is 0 Å². The van der Waals surface area contributed by atoms with E-state index in [1.165, 1.54) is 6.08 Å². The normalized spacial score (nSPS) is 36.1. The van der Waals surface area contributed by atoms with Gasteiger partial charge < -0.3 is 19.3 Å². The van der Waals surface area contributed by atoms with Crippen LogP contribution in [0.15, 0.2) is 35.5 Å². The number of epoxide rings is 1. The summed E-state index contributed by atoms with van der Waals surface area (Å²) in [5.74, 6) is -2.81. The molecule has 1 aliphatic carbocycles. The Morgan fingerprint density at radius 1 is 1.44 bits per heavy atom. The van der Waals surface area contributed by atoms with Crippen LogP contribution in [0.1, 0.15) is 40.0 Å². The molecule has 146 valence electrons. The number of carbonyl (C=O) groups excluding carboxylic acids is 2. The molecule has 5 unspecified atom stereocenters. The van der Waals surface area contributed by atoms with Gasteiger partial charge in [0.15, 0.2) is 0 Å². The first-order valence-electron chi connectivity index (χ1n) is 9.01. The average molecular weight is 376 g/mol. The predicted octanol–water partition coefficient (Wildman–Crippen LogP) is 2.31. The minimum absolute atomic E-state index is 0.118. The molecule has 0 aromatic carbocycles. The second-order valence-corrected chi connectivity index (χ2v) is 7.50. The fourth-order valence-electron chi connectivity index (χ4n) is 3.75. The Morgan fingerprint density at radius 2 is 2.15 bits per heavy atom. The largest absolute Gasteiger partial charge is 0.478 e. The van der Waals surface area contributed by atoms with Crippen LogP contribution < -0.4 is 0 Å². The molecule has 2 aliphatic heterocycles. The summed E-state index contributed by atoms with van der Waals surface area (Å²) in [6.45, 7) is 9.08. The topological polar surface area (TPSA) is 102 Å². The van der Waals surface area contributed by atoms with Crippen molar-refractivity contribution in [2.24, 2.45) is 5.92 Å². The zero-order valence-corrected chi connectivity index (χ0v) is 15.7. The van der Waals surface area contributed by atoms with Gasteiger partial charge in [-0.15, -0.1) is 0 Å². The maximum Gasteiger partial charge on any atom is 0.334 e. The van der Waals surface area contributed by atoms with Crippen LogP contribution in [0.2, 0.25) is 0 Å². The van der Waals surface area contributed by atoms with E-state index < -0.39 is 41.6 Å². The number of esters is 2. The number of rotatable bonds is 3. The SMILES string of the molecule is C=C1C(=O)OC2C=C(C(=O)O)CCC3OC3(C)CC(OC(=O)C(C)=CC)C12. The minimum Gasteiger partial charge on any atom is -0.478 e. The van der Waals surface area contributed by atoms with Gasteiger partial charge in [0, 0.05) is 23.1 Å². The maximum absolute atomic E-state index is 12.4.